The van der Waals surface area contributed by atoms with Gasteiger partial charge in [-0.1, -0.05) is 12.1 Å². The number of aryl methyl sites for hydroxylation is 1. The molecule has 1 aromatic carbocycles. The molecule has 1 amide bonds. The topological polar surface area (TPSA) is 82.2 Å². The fourth-order valence-corrected chi connectivity index (χ4v) is 2.45. The average Bonchev–Trinajstić information content (AvgIpc) is 2.83. The molecule has 118 valence electrons. The Morgan fingerprint density at radius 3 is 2.73 bits per heavy atom. The molecule has 0 atom stereocenters. The third kappa shape index (κ3) is 3.47. The predicted octanol–water partition coefficient (Wildman–Crippen LogP) is 2.64. The van der Waals surface area contributed by atoms with Crippen LogP contribution in [0.5, 0.6) is 0 Å². The van der Waals surface area contributed by atoms with Gasteiger partial charge in [0.15, 0.2) is 0 Å². The van der Waals surface area contributed by atoms with Crippen LogP contribution in [0, 0.1) is 12.3 Å². The number of aliphatic carboxylic acids is 1. The average molecular weight is 302 g/mol. The summed E-state index contributed by atoms with van der Waals surface area (Å²) >= 11 is 0. The molecule has 1 heterocycles. The molecule has 5 nitrogen and oxygen atoms in total. The summed E-state index contributed by atoms with van der Waals surface area (Å²) in [5, 5.41) is 12.9. The van der Waals surface area contributed by atoms with Gasteiger partial charge in [0.2, 0.25) is 5.91 Å². The van der Waals surface area contributed by atoms with E-state index < -0.39 is 11.4 Å². The maximum absolute atomic E-state index is 12.0. The summed E-state index contributed by atoms with van der Waals surface area (Å²) < 4.78 is 0. The van der Waals surface area contributed by atoms with Crippen molar-refractivity contribution < 1.29 is 14.7 Å². The molecule has 0 saturated heterocycles. The number of hydrogen-bond donors (Lipinski definition) is 3. The number of amides is 1. The van der Waals surface area contributed by atoms with Gasteiger partial charge in [-0.15, -0.1) is 0 Å². The van der Waals surface area contributed by atoms with Crippen LogP contribution in [0.1, 0.15) is 31.4 Å². The Labute approximate surface area is 129 Å². The minimum absolute atomic E-state index is 0.0923. The molecule has 0 fully saturated rings. The van der Waals surface area contributed by atoms with E-state index in [9.17, 15) is 9.59 Å². The number of carbonyl (C=O) groups is 2. The lowest BCUT2D eigenvalue weighted by Crippen LogP contribution is -2.32. The lowest BCUT2D eigenvalue weighted by molar-refractivity contribution is -0.147. The van der Waals surface area contributed by atoms with E-state index in [1.807, 2.05) is 31.3 Å². The third-order valence-corrected chi connectivity index (χ3v) is 4.00. The second kappa shape index (κ2) is 6.22. The molecule has 0 saturated carbocycles. The zero-order valence-corrected chi connectivity index (χ0v) is 13.2. The van der Waals surface area contributed by atoms with Crippen molar-refractivity contribution in [1.82, 2.24) is 10.3 Å². The normalized spacial score (nSPS) is 11.6. The van der Waals surface area contributed by atoms with E-state index in [0.29, 0.717) is 19.4 Å². The highest BCUT2D eigenvalue weighted by atomic mass is 16.4. The summed E-state index contributed by atoms with van der Waals surface area (Å²) in [5.74, 6) is -0.945. The fourth-order valence-electron chi connectivity index (χ4n) is 2.45. The van der Waals surface area contributed by atoms with E-state index in [4.69, 9.17) is 5.11 Å². The monoisotopic (exact) mass is 302 g/mol. The minimum atomic E-state index is -0.853. The van der Waals surface area contributed by atoms with Gasteiger partial charge in [0.05, 0.1) is 11.8 Å². The van der Waals surface area contributed by atoms with Crippen molar-refractivity contribution in [3.63, 3.8) is 0 Å². The first-order valence-electron chi connectivity index (χ1n) is 7.37. The number of carbonyl (C=O) groups excluding carboxylic acids is 1. The van der Waals surface area contributed by atoms with Crippen LogP contribution in [-0.4, -0.2) is 28.5 Å². The van der Waals surface area contributed by atoms with E-state index in [-0.39, 0.29) is 5.91 Å². The van der Waals surface area contributed by atoms with Crippen LogP contribution in [0.4, 0.5) is 0 Å². The van der Waals surface area contributed by atoms with E-state index in [1.54, 1.807) is 13.8 Å². The first-order chi connectivity index (χ1) is 10.3. The first-order valence-corrected chi connectivity index (χ1v) is 7.37. The molecule has 2 aromatic rings. The molecule has 22 heavy (non-hydrogen) atoms. The number of nitrogens with one attached hydrogen (secondary N) is 2. The largest absolute Gasteiger partial charge is 0.481 e. The fraction of sp³-hybridized carbons (Fsp3) is 0.412. The SMILES string of the molecule is Cc1cccc2[nH]cc(CC(=O)NCCC(C)(C)C(=O)O)c12. The number of carboxylic acid groups (broad SMARTS) is 1. The number of aromatic amines is 1. The summed E-state index contributed by atoms with van der Waals surface area (Å²) in [4.78, 5) is 26.2. The van der Waals surface area contributed by atoms with E-state index in [0.717, 1.165) is 22.0 Å². The van der Waals surface area contributed by atoms with Crippen LogP contribution in [0.3, 0.4) is 0 Å². The summed E-state index contributed by atoms with van der Waals surface area (Å²) in [5.41, 5.74) is 2.29. The van der Waals surface area contributed by atoms with Crippen molar-refractivity contribution >= 4 is 22.8 Å². The van der Waals surface area contributed by atoms with Gasteiger partial charge < -0.3 is 15.4 Å². The molecular weight excluding hydrogens is 280 g/mol. The highest BCUT2D eigenvalue weighted by Gasteiger charge is 2.26. The number of carboxylic acids is 1. The van der Waals surface area contributed by atoms with Crippen LogP contribution in [-0.2, 0) is 16.0 Å². The number of fused-ring (bicyclic) bond motifs is 1. The van der Waals surface area contributed by atoms with Crippen molar-refractivity contribution in [2.75, 3.05) is 6.54 Å². The Kier molecular flexibility index (Phi) is 4.54. The Balaban J connectivity index is 1.96. The molecule has 0 spiro atoms. The van der Waals surface area contributed by atoms with Crippen molar-refractivity contribution in [2.24, 2.45) is 5.41 Å². The summed E-state index contributed by atoms with van der Waals surface area (Å²) in [7, 11) is 0. The molecule has 3 N–H and O–H groups in total. The van der Waals surface area contributed by atoms with Crippen molar-refractivity contribution in [1.29, 1.82) is 0 Å². The van der Waals surface area contributed by atoms with Crippen LogP contribution < -0.4 is 5.32 Å². The second-order valence-electron chi connectivity index (χ2n) is 6.28. The molecular formula is C17H22N2O3. The molecule has 0 aliphatic heterocycles. The van der Waals surface area contributed by atoms with Crippen LogP contribution in [0.2, 0.25) is 0 Å². The third-order valence-electron chi connectivity index (χ3n) is 4.00. The maximum atomic E-state index is 12.0. The van der Waals surface area contributed by atoms with Crippen molar-refractivity contribution in [2.45, 2.75) is 33.6 Å². The Bertz CT molecular complexity index is 701. The maximum Gasteiger partial charge on any atom is 0.309 e. The summed E-state index contributed by atoms with van der Waals surface area (Å²) in [6.45, 7) is 5.70. The molecule has 0 unspecified atom stereocenters. The van der Waals surface area contributed by atoms with Gasteiger partial charge in [0, 0.05) is 23.6 Å². The summed E-state index contributed by atoms with van der Waals surface area (Å²) in [6, 6.07) is 5.98. The van der Waals surface area contributed by atoms with Crippen LogP contribution in [0.15, 0.2) is 24.4 Å². The van der Waals surface area contributed by atoms with Crippen molar-refractivity contribution in [3.8, 4) is 0 Å². The second-order valence-corrected chi connectivity index (χ2v) is 6.28. The Morgan fingerprint density at radius 2 is 2.05 bits per heavy atom. The summed E-state index contributed by atoms with van der Waals surface area (Å²) in [6.07, 6.45) is 2.55. The minimum Gasteiger partial charge on any atom is -0.481 e. The van der Waals surface area contributed by atoms with Gasteiger partial charge in [-0.3, -0.25) is 9.59 Å². The molecule has 2 rings (SSSR count). The van der Waals surface area contributed by atoms with Gasteiger partial charge in [-0.25, -0.2) is 0 Å². The van der Waals surface area contributed by atoms with Crippen molar-refractivity contribution in [3.05, 3.63) is 35.5 Å². The number of H-pyrrole nitrogens is 1. The van der Waals surface area contributed by atoms with E-state index in [1.165, 1.54) is 0 Å². The lowest BCUT2D eigenvalue weighted by atomic mass is 9.90. The van der Waals surface area contributed by atoms with Gasteiger partial charge in [0.1, 0.15) is 0 Å². The molecule has 0 bridgehead atoms. The molecule has 5 heteroatoms. The Hall–Kier alpha value is -2.30. The number of aromatic nitrogens is 1. The zero-order chi connectivity index (χ0) is 16.3. The molecule has 1 aromatic heterocycles. The number of hydrogen-bond acceptors (Lipinski definition) is 2. The molecule has 0 radical (unpaired) electrons. The van der Waals surface area contributed by atoms with Gasteiger partial charge in [-0.2, -0.15) is 0 Å². The number of rotatable bonds is 6. The smallest absolute Gasteiger partial charge is 0.309 e. The Morgan fingerprint density at radius 1 is 1.32 bits per heavy atom. The van der Waals surface area contributed by atoms with Crippen LogP contribution >= 0.6 is 0 Å². The quantitative estimate of drug-likeness (QED) is 0.767. The van der Waals surface area contributed by atoms with E-state index >= 15 is 0 Å². The number of benzene rings is 1. The molecule has 0 aliphatic carbocycles. The van der Waals surface area contributed by atoms with Gasteiger partial charge in [0.25, 0.3) is 0 Å². The highest BCUT2D eigenvalue weighted by Crippen LogP contribution is 2.22. The van der Waals surface area contributed by atoms with E-state index in [2.05, 4.69) is 10.3 Å². The lowest BCUT2D eigenvalue weighted by Gasteiger charge is -2.18. The predicted molar refractivity (Wildman–Crippen MR) is 85.8 cm³/mol. The van der Waals surface area contributed by atoms with Gasteiger partial charge >= 0.3 is 5.97 Å². The molecule has 0 aliphatic rings. The van der Waals surface area contributed by atoms with Gasteiger partial charge in [-0.05, 0) is 44.4 Å². The van der Waals surface area contributed by atoms with Crippen LogP contribution in [0.25, 0.3) is 10.9 Å². The highest BCUT2D eigenvalue weighted by molar-refractivity contribution is 5.91. The first kappa shape index (κ1) is 16.1. The zero-order valence-electron chi connectivity index (χ0n) is 13.2. The standard InChI is InChI=1S/C17H22N2O3/c1-11-5-4-6-13-15(11)12(10-19-13)9-14(20)18-8-7-17(2,3)16(21)22/h4-6,10,19H,7-9H2,1-3H3,(H,18,20)(H,21,22).